The van der Waals surface area contributed by atoms with Crippen molar-refractivity contribution in [3.05, 3.63) is 60.3 Å². The van der Waals surface area contributed by atoms with Gasteiger partial charge >= 0.3 is 0 Å². The SMILES string of the molecule is C=Cc1c(/C=C\C)nc(C=O)n1C.CNc1cc(-c2nc3ccc(N4CCNCC4)cc3[nH]2)n(C)c1. The van der Waals surface area contributed by atoms with E-state index in [4.69, 9.17) is 4.98 Å². The third-order valence-corrected chi connectivity index (χ3v) is 6.31. The second-order valence-corrected chi connectivity index (χ2v) is 8.62. The fourth-order valence-electron chi connectivity index (χ4n) is 4.35. The first kappa shape index (κ1) is 25.0. The lowest BCUT2D eigenvalue weighted by atomic mass is 10.2. The summed E-state index contributed by atoms with van der Waals surface area (Å²) < 4.78 is 3.80. The number of piperazine rings is 1. The van der Waals surface area contributed by atoms with Crippen LogP contribution in [-0.4, -0.2) is 63.6 Å². The van der Waals surface area contributed by atoms with E-state index < -0.39 is 0 Å². The second-order valence-electron chi connectivity index (χ2n) is 8.62. The summed E-state index contributed by atoms with van der Waals surface area (Å²) in [5.74, 6) is 1.32. The van der Waals surface area contributed by atoms with Gasteiger partial charge in [-0.25, -0.2) is 9.97 Å². The van der Waals surface area contributed by atoms with Gasteiger partial charge in [0, 0.05) is 59.2 Å². The minimum atomic E-state index is 0.419. The van der Waals surface area contributed by atoms with E-state index in [9.17, 15) is 4.79 Å². The lowest BCUT2D eigenvalue weighted by Crippen LogP contribution is -2.43. The average Bonchev–Trinajstić information content (AvgIpc) is 3.58. The van der Waals surface area contributed by atoms with Crippen LogP contribution in [0.3, 0.4) is 0 Å². The molecule has 0 aliphatic carbocycles. The standard InChI is InChI=1S/C17H22N6.C10H12N2O/c1-18-12-9-16(22(2)11-12)17-20-14-4-3-13(10-15(14)21-17)23-7-5-19-6-8-23;1-4-6-8-9(5-2)12(3)10(7-13)11-8/h3-4,9-11,18-19H,5-8H2,1-2H3,(H,20,21);4-7H,2H2,1,3H3/b;6-4-. The summed E-state index contributed by atoms with van der Waals surface area (Å²) in [4.78, 5) is 25.3. The topological polar surface area (TPSA) is 95.8 Å². The van der Waals surface area contributed by atoms with Crippen LogP contribution in [0.4, 0.5) is 11.4 Å². The molecule has 0 radical (unpaired) electrons. The summed E-state index contributed by atoms with van der Waals surface area (Å²) in [7, 11) is 5.76. The Labute approximate surface area is 211 Å². The van der Waals surface area contributed by atoms with Crippen LogP contribution in [0.5, 0.6) is 0 Å². The average molecular weight is 487 g/mol. The molecule has 0 saturated carbocycles. The Hall–Kier alpha value is -4.11. The van der Waals surface area contributed by atoms with E-state index in [0.29, 0.717) is 5.82 Å². The van der Waals surface area contributed by atoms with Crippen LogP contribution in [0.1, 0.15) is 28.9 Å². The number of anilines is 2. The predicted molar refractivity (Wildman–Crippen MR) is 149 cm³/mol. The first-order chi connectivity index (χ1) is 17.5. The smallest absolute Gasteiger partial charge is 0.185 e. The molecule has 1 aromatic carbocycles. The molecule has 0 atom stereocenters. The Kier molecular flexibility index (Phi) is 7.70. The van der Waals surface area contributed by atoms with Crippen molar-refractivity contribution in [1.29, 1.82) is 0 Å². The number of hydrogen-bond acceptors (Lipinski definition) is 6. The number of aldehydes is 1. The molecule has 4 heterocycles. The van der Waals surface area contributed by atoms with E-state index in [2.05, 4.69) is 67.1 Å². The molecule has 0 unspecified atom stereocenters. The zero-order valence-electron chi connectivity index (χ0n) is 21.4. The number of fused-ring (bicyclic) bond motifs is 1. The van der Waals surface area contributed by atoms with Crippen molar-refractivity contribution in [3.8, 4) is 11.5 Å². The third kappa shape index (κ3) is 5.11. The predicted octanol–water partition coefficient (Wildman–Crippen LogP) is 3.93. The molecule has 1 fully saturated rings. The van der Waals surface area contributed by atoms with Crippen molar-refractivity contribution < 1.29 is 4.79 Å². The van der Waals surface area contributed by atoms with Crippen LogP contribution < -0.4 is 15.5 Å². The Morgan fingerprint density at radius 2 is 1.92 bits per heavy atom. The number of allylic oxidation sites excluding steroid dienone is 1. The number of aromatic amines is 1. The van der Waals surface area contributed by atoms with Crippen molar-refractivity contribution in [3.63, 3.8) is 0 Å². The van der Waals surface area contributed by atoms with Crippen molar-refractivity contribution in [2.75, 3.05) is 43.4 Å². The fraction of sp³-hybridized carbons (Fsp3) is 0.296. The van der Waals surface area contributed by atoms with E-state index in [1.54, 1.807) is 17.7 Å². The molecule has 36 heavy (non-hydrogen) atoms. The maximum absolute atomic E-state index is 10.6. The first-order valence-corrected chi connectivity index (χ1v) is 12.1. The quantitative estimate of drug-likeness (QED) is 0.358. The molecule has 1 saturated heterocycles. The number of H-pyrrole nitrogens is 1. The monoisotopic (exact) mass is 486 g/mol. The van der Waals surface area contributed by atoms with Crippen molar-refractivity contribution in [2.45, 2.75) is 6.92 Å². The second kappa shape index (κ2) is 11.1. The maximum atomic E-state index is 10.6. The zero-order valence-corrected chi connectivity index (χ0v) is 21.4. The van der Waals surface area contributed by atoms with Crippen LogP contribution >= 0.6 is 0 Å². The highest BCUT2D eigenvalue weighted by Crippen LogP contribution is 2.27. The highest BCUT2D eigenvalue weighted by molar-refractivity contribution is 5.83. The summed E-state index contributed by atoms with van der Waals surface area (Å²) >= 11 is 0. The van der Waals surface area contributed by atoms with Gasteiger partial charge in [-0.2, -0.15) is 0 Å². The molecule has 0 amide bonds. The lowest BCUT2D eigenvalue weighted by molar-refractivity contribution is 0.111. The van der Waals surface area contributed by atoms with Crippen LogP contribution in [0.15, 0.2) is 43.1 Å². The molecule has 0 spiro atoms. The molecule has 1 aliphatic rings. The normalized spacial score (nSPS) is 13.6. The number of nitrogens with one attached hydrogen (secondary N) is 3. The largest absolute Gasteiger partial charge is 0.387 e. The van der Waals surface area contributed by atoms with Gasteiger partial charge < -0.3 is 29.7 Å². The van der Waals surface area contributed by atoms with Crippen LogP contribution in [0, 0.1) is 0 Å². The summed E-state index contributed by atoms with van der Waals surface area (Å²) in [5, 5.41) is 6.56. The number of imidazole rings is 2. The minimum Gasteiger partial charge on any atom is -0.387 e. The maximum Gasteiger partial charge on any atom is 0.185 e. The summed E-state index contributed by atoms with van der Waals surface area (Å²) in [6.45, 7) is 9.77. The Morgan fingerprint density at radius 1 is 1.14 bits per heavy atom. The summed E-state index contributed by atoms with van der Waals surface area (Å²) in [6, 6.07) is 8.59. The van der Waals surface area contributed by atoms with Gasteiger partial charge in [-0.1, -0.05) is 12.7 Å². The number of nitrogens with zero attached hydrogens (tertiary/aromatic N) is 5. The minimum absolute atomic E-state index is 0.419. The van der Waals surface area contributed by atoms with Gasteiger partial charge in [-0.15, -0.1) is 0 Å². The highest BCUT2D eigenvalue weighted by Gasteiger charge is 2.14. The molecule has 9 heteroatoms. The van der Waals surface area contributed by atoms with Gasteiger partial charge in [0.1, 0.15) is 0 Å². The number of rotatable bonds is 6. The molecule has 3 N–H and O–H groups in total. The Morgan fingerprint density at radius 3 is 2.56 bits per heavy atom. The molecular weight excluding hydrogens is 452 g/mol. The molecule has 5 rings (SSSR count). The van der Waals surface area contributed by atoms with Crippen LogP contribution in [-0.2, 0) is 14.1 Å². The van der Waals surface area contributed by atoms with Crippen LogP contribution in [0.2, 0.25) is 0 Å². The fourth-order valence-corrected chi connectivity index (χ4v) is 4.35. The summed E-state index contributed by atoms with van der Waals surface area (Å²) in [5.41, 5.74) is 7.16. The molecule has 0 bridgehead atoms. The van der Waals surface area contributed by atoms with Gasteiger partial charge in [0.25, 0.3) is 0 Å². The highest BCUT2D eigenvalue weighted by atomic mass is 16.1. The van der Waals surface area contributed by atoms with E-state index in [-0.39, 0.29) is 0 Å². The number of aromatic nitrogens is 5. The number of hydrogen-bond donors (Lipinski definition) is 3. The van der Waals surface area contributed by atoms with Gasteiger partial charge in [0.15, 0.2) is 17.9 Å². The van der Waals surface area contributed by atoms with Gasteiger partial charge in [-0.05, 0) is 43.3 Å². The van der Waals surface area contributed by atoms with Crippen LogP contribution in [0.25, 0.3) is 34.7 Å². The third-order valence-electron chi connectivity index (χ3n) is 6.31. The van der Waals surface area contributed by atoms with E-state index in [1.807, 2.05) is 33.2 Å². The van der Waals surface area contributed by atoms with Gasteiger partial charge in [-0.3, -0.25) is 4.79 Å². The lowest BCUT2D eigenvalue weighted by Gasteiger charge is -2.29. The Bertz CT molecular complexity index is 1380. The number of carbonyl (C=O) groups is 1. The number of aryl methyl sites for hydroxylation is 1. The first-order valence-electron chi connectivity index (χ1n) is 12.1. The molecule has 4 aromatic rings. The van der Waals surface area contributed by atoms with E-state index in [0.717, 1.165) is 72.1 Å². The van der Waals surface area contributed by atoms with Crippen molar-refractivity contribution >= 4 is 40.8 Å². The number of benzene rings is 1. The molecular formula is C27H34N8O. The molecule has 3 aromatic heterocycles. The number of carbonyl (C=O) groups excluding carboxylic acids is 1. The van der Waals surface area contributed by atoms with Crippen molar-refractivity contribution in [2.24, 2.45) is 14.1 Å². The van der Waals surface area contributed by atoms with E-state index >= 15 is 0 Å². The molecule has 1 aliphatic heterocycles. The molecule has 188 valence electrons. The Balaban J connectivity index is 0.000000200. The summed E-state index contributed by atoms with van der Waals surface area (Å²) in [6.07, 6.45) is 8.22. The van der Waals surface area contributed by atoms with E-state index in [1.165, 1.54) is 5.69 Å². The van der Waals surface area contributed by atoms with Gasteiger partial charge in [0.2, 0.25) is 0 Å². The zero-order chi connectivity index (χ0) is 25.7. The van der Waals surface area contributed by atoms with Crippen molar-refractivity contribution in [1.82, 2.24) is 29.4 Å². The van der Waals surface area contributed by atoms with Gasteiger partial charge in [0.05, 0.1) is 33.8 Å². The molecule has 9 nitrogen and oxygen atoms in total.